The van der Waals surface area contributed by atoms with Crippen molar-refractivity contribution < 1.29 is 24.5 Å². The maximum Gasteiger partial charge on any atom is 0.331 e. The summed E-state index contributed by atoms with van der Waals surface area (Å²) in [6.45, 7) is -0.0172. The van der Waals surface area contributed by atoms with Crippen LogP contribution in [0.1, 0.15) is 31.4 Å². The number of carbonyl (C=O) groups excluding carboxylic acids is 3. The summed E-state index contributed by atoms with van der Waals surface area (Å²) >= 11 is 0. The first kappa shape index (κ1) is 16.4. The van der Waals surface area contributed by atoms with E-state index in [0.717, 1.165) is 30.6 Å². The molecule has 1 saturated heterocycles. The molecule has 3 atom stereocenters. The molecule has 24 heavy (non-hydrogen) atoms. The van der Waals surface area contributed by atoms with Gasteiger partial charge in [0.15, 0.2) is 5.92 Å². The second-order valence-corrected chi connectivity index (χ2v) is 6.19. The molecular formula is C16H21N4O4+. The Morgan fingerprint density at radius 3 is 2.83 bits per heavy atom. The minimum Gasteiger partial charge on any atom is -0.467 e. The largest absolute Gasteiger partial charge is 0.467 e. The summed E-state index contributed by atoms with van der Waals surface area (Å²) in [4.78, 5) is 41.8. The van der Waals surface area contributed by atoms with Crippen molar-refractivity contribution in [2.45, 2.75) is 44.3 Å². The van der Waals surface area contributed by atoms with Gasteiger partial charge in [-0.25, -0.2) is 4.79 Å². The van der Waals surface area contributed by atoms with Gasteiger partial charge in [0.2, 0.25) is 11.8 Å². The van der Waals surface area contributed by atoms with Crippen molar-refractivity contribution in [3.63, 3.8) is 0 Å². The van der Waals surface area contributed by atoms with E-state index in [1.807, 2.05) is 0 Å². The molecule has 0 aromatic carbocycles. The van der Waals surface area contributed by atoms with Gasteiger partial charge in [-0.1, -0.05) is 6.42 Å². The van der Waals surface area contributed by atoms with E-state index in [9.17, 15) is 14.4 Å². The van der Waals surface area contributed by atoms with Gasteiger partial charge in [0.25, 0.3) is 0 Å². The molecule has 1 aliphatic heterocycles. The Bertz CT molecular complexity index is 655. The highest BCUT2D eigenvalue weighted by Gasteiger charge is 2.40. The average molecular weight is 333 g/mol. The van der Waals surface area contributed by atoms with Gasteiger partial charge in [-0.2, -0.15) is 0 Å². The van der Waals surface area contributed by atoms with E-state index in [4.69, 9.17) is 4.42 Å². The number of rotatable bonds is 4. The van der Waals surface area contributed by atoms with E-state index in [-0.39, 0.29) is 18.6 Å². The van der Waals surface area contributed by atoms with Crippen molar-refractivity contribution in [1.29, 1.82) is 0 Å². The molecule has 1 aliphatic carbocycles. The zero-order valence-electron chi connectivity index (χ0n) is 13.3. The van der Waals surface area contributed by atoms with Gasteiger partial charge in [-0.05, 0) is 25.0 Å². The van der Waals surface area contributed by atoms with Crippen LogP contribution in [0.15, 0.2) is 27.8 Å². The fraction of sp³-hybridized carbons (Fsp3) is 0.500. The summed E-state index contributed by atoms with van der Waals surface area (Å²) in [5.41, 5.74) is 4.08. The Morgan fingerprint density at radius 1 is 1.33 bits per heavy atom. The topological polar surface area (TPSA) is 120 Å². The Morgan fingerprint density at radius 2 is 2.12 bits per heavy atom. The third-order valence-corrected chi connectivity index (χ3v) is 4.48. The summed E-state index contributed by atoms with van der Waals surface area (Å²) in [6.07, 6.45) is 6.94. The lowest BCUT2D eigenvalue weighted by atomic mass is 9.91. The van der Waals surface area contributed by atoms with Gasteiger partial charge in [-0.15, -0.1) is 0 Å². The molecular weight excluding hydrogens is 312 g/mol. The highest BCUT2D eigenvalue weighted by molar-refractivity contribution is 6.23. The minimum atomic E-state index is -1.09. The van der Waals surface area contributed by atoms with Gasteiger partial charge >= 0.3 is 6.03 Å². The zero-order valence-corrected chi connectivity index (χ0v) is 13.3. The average Bonchev–Trinajstić information content (AvgIpc) is 3.06. The molecule has 8 heteroatoms. The van der Waals surface area contributed by atoms with Crippen molar-refractivity contribution in [2.24, 2.45) is 10.9 Å². The maximum absolute atomic E-state index is 12.5. The summed E-state index contributed by atoms with van der Waals surface area (Å²) < 4.78 is 5.16. The fourth-order valence-corrected chi connectivity index (χ4v) is 3.05. The number of nitrogens with zero attached hydrogens (tertiary/aromatic N) is 2. The number of quaternary nitrogens is 1. The van der Waals surface area contributed by atoms with Gasteiger partial charge in [0, 0.05) is 12.6 Å². The van der Waals surface area contributed by atoms with Gasteiger partial charge in [0.1, 0.15) is 17.8 Å². The van der Waals surface area contributed by atoms with E-state index in [2.05, 4.69) is 16.0 Å². The fourth-order valence-electron chi connectivity index (χ4n) is 3.05. The van der Waals surface area contributed by atoms with Crippen LogP contribution in [0.4, 0.5) is 4.79 Å². The molecule has 4 N–H and O–H groups in total. The third-order valence-electron chi connectivity index (χ3n) is 4.48. The Hall–Kier alpha value is -2.48. The monoisotopic (exact) mass is 333 g/mol. The van der Waals surface area contributed by atoms with Crippen LogP contribution in [0, 0.1) is 5.92 Å². The van der Waals surface area contributed by atoms with Crippen LogP contribution in [0.25, 0.3) is 0 Å². The van der Waals surface area contributed by atoms with Crippen molar-refractivity contribution in [3.8, 4) is 0 Å². The number of carbonyl (C=O) groups is 3. The molecule has 1 saturated carbocycles. The first-order chi connectivity index (χ1) is 11.6. The lowest BCUT2D eigenvalue weighted by Crippen LogP contribution is -2.66. The first-order valence-corrected chi connectivity index (χ1v) is 8.11. The molecule has 8 nitrogen and oxygen atoms in total. The highest BCUT2D eigenvalue weighted by atomic mass is 16.3. The molecule has 0 unspecified atom stereocenters. The number of barbiturate groups is 1. The Balaban J connectivity index is 1.72. The van der Waals surface area contributed by atoms with Crippen LogP contribution in [0.3, 0.4) is 0 Å². The SMILES string of the molecule is [NH3+][C@@H]1CCCC[C@H]1N=C[C@@H]1C(=O)NC(=O)N(Cc2ccco2)C1=O. The smallest absolute Gasteiger partial charge is 0.331 e. The number of urea groups is 1. The van der Waals surface area contributed by atoms with E-state index in [1.165, 1.54) is 12.5 Å². The molecule has 0 radical (unpaired) electrons. The van der Waals surface area contributed by atoms with Crippen LogP contribution in [0.2, 0.25) is 0 Å². The zero-order chi connectivity index (χ0) is 17.1. The van der Waals surface area contributed by atoms with Crippen LogP contribution < -0.4 is 11.1 Å². The quantitative estimate of drug-likeness (QED) is 0.599. The molecule has 128 valence electrons. The predicted molar refractivity (Wildman–Crippen MR) is 83.7 cm³/mol. The number of imide groups is 2. The summed E-state index contributed by atoms with van der Waals surface area (Å²) in [5, 5.41) is 2.20. The summed E-state index contributed by atoms with van der Waals surface area (Å²) in [6, 6.07) is 2.81. The number of aliphatic imine (C=N–C) groups is 1. The van der Waals surface area contributed by atoms with Crippen LogP contribution in [-0.4, -0.2) is 41.0 Å². The van der Waals surface area contributed by atoms with Crippen molar-refractivity contribution >= 4 is 24.1 Å². The van der Waals surface area contributed by atoms with E-state index in [0.29, 0.717) is 5.76 Å². The Labute approximate surface area is 139 Å². The summed E-state index contributed by atoms with van der Waals surface area (Å²) in [5.74, 6) is -1.85. The molecule has 2 aliphatic rings. The molecule has 4 amide bonds. The first-order valence-electron chi connectivity index (χ1n) is 8.11. The highest BCUT2D eigenvalue weighted by Crippen LogP contribution is 2.19. The molecule has 2 heterocycles. The number of amides is 4. The van der Waals surface area contributed by atoms with Gasteiger partial charge in [-0.3, -0.25) is 24.8 Å². The number of hydrogen-bond acceptors (Lipinski definition) is 5. The molecule has 2 fully saturated rings. The summed E-state index contributed by atoms with van der Waals surface area (Å²) in [7, 11) is 0. The second kappa shape index (κ2) is 6.96. The molecule has 1 aromatic heterocycles. The molecule has 1 aromatic rings. The van der Waals surface area contributed by atoms with Crippen LogP contribution >= 0.6 is 0 Å². The van der Waals surface area contributed by atoms with E-state index in [1.54, 1.807) is 12.1 Å². The van der Waals surface area contributed by atoms with Crippen molar-refractivity contribution in [2.75, 3.05) is 0 Å². The van der Waals surface area contributed by atoms with Crippen LogP contribution in [-0.2, 0) is 16.1 Å². The maximum atomic E-state index is 12.5. The standard InChI is InChI=1S/C16H20N4O4/c17-12-5-1-2-6-13(12)18-8-11-14(21)19-16(23)20(15(11)22)9-10-4-3-7-24-10/h3-4,7-8,11-13H,1-2,5-6,9,17H2,(H,19,21,23)/p+1/t11-,12-,13-/m1/s1. The van der Waals surface area contributed by atoms with E-state index >= 15 is 0 Å². The van der Waals surface area contributed by atoms with Gasteiger partial charge in [0.05, 0.1) is 12.8 Å². The number of hydrogen-bond donors (Lipinski definition) is 2. The molecule has 0 bridgehead atoms. The van der Waals surface area contributed by atoms with Crippen molar-refractivity contribution in [3.05, 3.63) is 24.2 Å². The lowest BCUT2D eigenvalue weighted by molar-refractivity contribution is -0.428. The normalized spacial score (nSPS) is 28.5. The lowest BCUT2D eigenvalue weighted by Gasteiger charge is -2.28. The number of furan rings is 1. The molecule has 3 rings (SSSR count). The molecule has 0 spiro atoms. The van der Waals surface area contributed by atoms with Crippen LogP contribution in [0.5, 0.6) is 0 Å². The predicted octanol–water partition coefficient (Wildman–Crippen LogP) is 0.0981. The number of nitrogens with one attached hydrogen (secondary N) is 1. The third kappa shape index (κ3) is 3.38. The van der Waals surface area contributed by atoms with Gasteiger partial charge < -0.3 is 10.2 Å². The van der Waals surface area contributed by atoms with Crippen molar-refractivity contribution in [1.82, 2.24) is 10.2 Å². The Kier molecular flexibility index (Phi) is 4.75. The minimum absolute atomic E-state index is 0.0172. The second-order valence-electron chi connectivity index (χ2n) is 6.19. The van der Waals surface area contributed by atoms with E-state index < -0.39 is 23.8 Å².